The molecule has 1 unspecified atom stereocenters. The Morgan fingerprint density at radius 1 is 1.00 bits per heavy atom. The van der Waals surface area contributed by atoms with Crippen LogP contribution in [0.25, 0.3) is 0 Å². The Kier molecular flexibility index (Phi) is 7.46. The molecule has 3 aromatic rings. The second-order valence-corrected chi connectivity index (χ2v) is 8.60. The number of benzene rings is 3. The average Bonchev–Trinajstić information content (AvgIpc) is 3.14. The van der Waals surface area contributed by atoms with E-state index in [1.54, 1.807) is 60.7 Å². The molecule has 0 aliphatic carbocycles. The van der Waals surface area contributed by atoms with Crippen LogP contribution in [0.5, 0.6) is 5.75 Å². The molecule has 1 atom stereocenters. The minimum absolute atomic E-state index is 0.0272. The minimum atomic E-state index is -0.973. The molecule has 3 aromatic carbocycles. The summed E-state index contributed by atoms with van der Waals surface area (Å²) < 4.78 is 18.9. The van der Waals surface area contributed by atoms with Gasteiger partial charge in [-0.05, 0) is 66.6 Å². The van der Waals surface area contributed by atoms with Crippen molar-refractivity contribution in [3.63, 3.8) is 0 Å². The standard InChI is InChI=1S/C27H24ClFN2O4/c1-2-35-23-13-11-22(12-14-23)31-26(33)16-24(27(31)34)30(17-19-5-9-21(29)10-6-19)25(32)15-18-3-7-20(28)8-4-18/h3-14,24H,2,15-17H2,1H3. The molecule has 3 amide bonds. The molecule has 1 aliphatic heterocycles. The van der Waals surface area contributed by atoms with Gasteiger partial charge in [-0.25, -0.2) is 9.29 Å². The first kappa shape index (κ1) is 24.4. The van der Waals surface area contributed by atoms with Gasteiger partial charge in [0.2, 0.25) is 11.8 Å². The van der Waals surface area contributed by atoms with Gasteiger partial charge in [0.1, 0.15) is 17.6 Å². The molecule has 4 rings (SSSR count). The molecule has 0 saturated carbocycles. The first-order valence-corrected chi connectivity index (χ1v) is 11.6. The van der Waals surface area contributed by atoms with E-state index in [1.165, 1.54) is 17.0 Å². The van der Waals surface area contributed by atoms with Crippen LogP contribution in [-0.4, -0.2) is 35.3 Å². The van der Waals surface area contributed by atoms with Crippen LogP contribution in [-0.2, 0) is 27.3 Å². The van der Waals surface area contributed by atoms with Gasteiger partial charge in [0.05, 0.1) is 25.1 Å². The highest BCUT2D eigenvalue weighted by Gasteiger charge is 2.44. The van der Waals surface area contributed by atoms with Crippen LogP contribution < -0.4 is 9.64 Å². The van der Waals surface area contributed by atoms with E-state index in [-0.39, 0.29) is 25.3 Å². The largest absolute Gasteiger partial charge is 0.494 e. The van der Waals surface area contributed by atoms with Crippen LogP contribution in [0.15, 0.2) is 72.8 Å². The monoisotopic (exact) mass is 494 g/mol. The van der Waals surface area contributed by atoms with Gasteiger partial charge in [0.15, 0.2) is 0 Å². The molecule has 0 radical (unpaired) electrons. The van der Waals surface area contributed by atoms with Gasteiger partial charge in [-0.1, -0.05) is 35.9 Å². The molecular weight excluding hydrogens is 471 g/mol. The second kappa shape index (κ2) is 10.7. The van der Waals surface area contributed by atoms with E-state index in [0.29, 0.717) is 28.6 Å². The Bertz CT molecular complexity index is 1210. The van der Waals surface area contributed by atoms with E-state index in [9.17, 15) is 18.8 Å². The molecule has 0 bridgehead atoms. The van der Waals surface area contributed by atoms with Crippen molar-refractivity contribution in [1.82, 2.24) is 4.90 Å². The van der Waals surface area contributed by atoms with E-state index in [4.69, 9.17) is 16.3 Å². The first-order valence-electron chi connectivity index (χ1n) is 11.2. The maximum absolute atomic E-state index is 13.4. The Morgan fingerprint density at radius 3 is 2.26 bits per heavy atom. The van der Waals surface area contributed by atoms with Gasteiger partial charge < -0.3 is 9.64 Å². The minimum Gasteiger partial charge on any atom is -0.494 e. The van der Waals surface area contributed by atoms with Crippen LogP contribution in [0, 0.1) is 5.82 Å². The number of hydrogen-bond donors (Lipinski definition) is 0. The lowest BCUT2D eigenvalue weighted by Crippen LogP contribution is -2.45. The normalized spacial score (nSPS) is 15.4. The highest BCUT2D eigenvalue weighted by atomic mass is 35.5. The number of carbonyl (C=O) groups is 3. The zero-order valence-electron chi connectivity index (χ0n) is 19.1. The number of ether oxygens (including phenoxy) is 1. The fourth-order valence-electron chi connectivity index (χ4n) is 4.03. The fourth-order valence-corrected chi connectivity index (χ4v) is 4.15. The molecule has 1 aliphatic rings. The lowest BCUT2D eigenvalue weighted by atomic mass is 10.1. The van der Waals surface area contributed by atoms with Crippen molar-refractivity contribution in [2.24, 2.45) is 0 Å². The van der Waals surface area contributed by atoms with Crippen LogP contribution >= 0.6 is 11.6 Å². The third kappa shape index (κ3) is 5.69. The van der Waals surface area contributed by atoms with Gasteiger partial charge >= 0.3 is 0 Å². The lowest BCUT2D eigenvalue weighted by Gasteiger charge is -2.28. The molecule has 1 saturated heterocycles. The highest BCUT2D eigenvalue weighted by Crippen LogP contribution is 2.29. The first-order chi connectivity index (χ1) is 16.9. The van der Waals surface area contributed by atoms with E-state index in [1.807, 2.05) is 6.92 Å². The number of amides is 3. The van der Waals surface area contributed by atoms with Crippen molar-refractivity contribution < 1.29 is 23.5 Å². The molecule has 0 N–H and O–H groups in total. The van der Waals surface area contributed by atoms with Gasteiger partial charge in [0, 0.05) is 11.6 Å². The smallest absolute Gasteiger partial charge is 0.257 e. The summed E-state index contributed by atoms with van der Waals surface area (Å²) in [6, 6.07) is 18.3. The number of halogens is 2. The van der Waals surface area contributed by atoms with Crippen molar-refractivity contribution in [2.45, 2.75) is 32.4 Å². The Morgan fingerprint density at radius 2 is 1.63 bits per heavy atom. The quantitative estimate of drug-likeness (QED) is 0.423. The molecule has 6 nitrogen and oxygen atoms in total. The molecule has 1 fully saturated rings. The number of carbonyl (C=O) groups excluding carboxylic acids is 3. The number of hydrogen-bond acceptors (Lipinski definition) is 4. The number of rotatable bonds is 8. The summed E-state index contributed by atoms with van der Waals surface area (Å²) in [6.45, 7) is 2.42. The highest BCUT2D eigenvalue weighted by molar-refractivity contribution is 6.30. The summed E-state index contributed by atoms with van der Waals surface area (Å²) in [4.78, 5) is 42.2. The predicted molar refractivity (Wildman–Crippen MR) is 131 cm³/mol. The van der Waals surface area contributed by atoms with Crippen LogP contribution in [0.2, 0.25) is 5.02 Å². The predicted octanol–water partition coefficient (Wildman–Crippen LogP) is 4.78. The summed E-state index contributed by atoms with van der Waals surface area (Å²) >= 11 is 5.95. The fraction of sp³-hybridized carbons (Fsp3) is 0.222. The summed E-state index contributed by atoms with van der Waals surface area (Å²) in [5.41, 5.74) is 1.79. The lowest BCUT2D eigenvalue weighted by molar-refractivity contribution is -0.138. The summed E-state index contributed by atoms with van der Waals surface area (Å²) in [6.07, 6.45) is -0.112. The molecule has 0 aromatic heterocycles. The number of anilines is 1. The SMILES string of the molecule is CCOc1ccc(N2C(=O)CC(N(Cc3ccc(F)cc3)C(=O)Cc3ccc(Cl)cc3)C2=O)cc1. The maximum atomic E-state index is 13.4. The van der Waals surface area contributed by atoms with Crippen LogP contribution in [0.4, 0.5) is 10.1 Å². The zero-order valence-corrected chi connectivity index (χ0v) is 19.9. The van der Waals surface area contributed by atoms with Gasteiger partial charge in [-0.3, -0.25) is 14.4 Å². The Balaban J connectivity index is 1.60. The van der Waals surface area contributed by atoms with E-state index >= 15 is 0 Å². The van der Waals surface area contributed by atoms with Crippen LogP contribution in [0.1, 0.15) is 24.5 Å². The van der Waals surface area contributed by atoms with E-state index in [0.717, 1.165) is 10.5 Å². The van der Waals surface area contributed by atoms with Crippen LogP contribution in [0.3, 0.4) is 0 Å². The van der Waals surface area contributed by atoms with Gasteiger partial charge in [0.25, 0.3) is 5.91 Å². The van der Waals surface area contributed by atoms with Crippen molar-refractivity contribution >= 4 is 35.0 Å². The molecule has 35 heavy (non-hydrogen) atoms. The van der Waals surface area contributed by atoms with E-state index < -0.39 is 23.7 Å². The zero-order chi connectivity index (χ0) is 24.9. The summed E-state index contributed by atoms with van der Waals surface area (Å²) in [5.74, 6) is -0.973. The van der Waals surface area contributed by atoms with E-state index in [2.05, 4.69) is 0 Å². The molecule has 1 heterocycles. The van der Waals surface area contributed by atoms with Crippen molar-refractivity contribution in [1.29, 1.82) is 0 Å². The average molecular weight is 495 g/mol. The topological polar surface area (TPSA) is 66.9 Å². The Labute approximate surface area is 207 Å². The third-order valence-electron chi connectivity index (χ3n) is 5.76. The summed E-state index contributed by atoms with van der Waals surface area (Å²) in [5, 5.41) is 0.548. The maximum Gasteiger partial charge on any atom is 0.257 e. The summed E-state index contributed by atoms with van der Waals surface area (Å²) in [7, 11) is 0. The molecule has 180 valence electrons. The third-order valence-corrected chi connectivity index (χ3v) is 6.01. The van der Waals surface area contributed by atoms with Gasteiger partial charge in [-0.2, -0.15) is 0 Å². The molecule has 8 heteroatoms. The molecular formula is C27H24ClFN2O4. The van der Waals surface area contributed by atoms with Crippen molar-refractivity contribution in [2.75, 3.05) is 11.5 Å². The number of nitrogens with zero attached hydrogens (tertiary/aromatic N) is 2. The second-order valence-electron chi connectivity index (χ2n) is 8.17. The van der Waals surface area contributed by atoms with Crippen molar-refractivity contribution in [3.8, 4) is 5.75 Å². The van der Waals surface area contributed by atoms with Crippen molar-refractivity contribution in [3.05, 3.63) is 94.8 Å². The molecule has 0 spiro atoms. The number of imide groups is 1. The Hall–Kier alpha value is -3.71. The van der Waals surface area contributed by atoms with Gasteiger partial charge in [-0.15, -0.1) is 0 Å².